The van der Waals surface area contributed by atoms with Crippen LogP contribution in [0.5, 0.6) is 0 Å². The first-order chi connectivity index (χ1) is 14.2. The Morgan fingerprint density at radius 3 is 2.27 bits per heavy atom. The number of aryl methyl sites for hydroxylation is 1. The van der Waals surface area contributed by atoms with Crippen LogP contribution in [0.3, 0.4) is 0 Å². The zero-order valence-electron chi connectivity index (χ0n) is 15.5. The predicted octanol–water partition coefficient (Wildman–Crippen LogP) is 6.32. The van der Waals surface area contributed by atoms with Crippen LogP contribution >= 0.6 is 23.2 Å². The molecule has 2 aromatic carbocycles. The number of alkyl halides is 3. The van der Waals surface area contributed by atoms with E-state index in [9.17, 15) is 13.2 Å². The number of rotatable bonds is 4. The highest BCUT2D eigenvalue weighted by atomic mass is 35.5. The molecule has 0 unspecified atom stereocenters. The molecule has 0 atom stereocenters. The van der Waals surface area contributed by atoms with Gasteiger partial charge in [0.25, 0.3) is 0 Å². The molecule has 30 heavy (non-hydrogen) atoms. The zero-order chi connectivity index (χ0) is 21.5. The topological polar surface area (TPSA) is 66.5 Å². The molecule has 5 nitrogen and oxygen atoms in total. The molecule has 0 radical (unpaired) electrons. The molecule has 0 amide bonds. The van der Waals surface area contributed by atoms with Crippen molar-refractivity contribution in [2.75, 3.05) is 5.32 Å². The summed E-state index contributed by atoms with van der Waals surface area (Å²) in [5.41, 5.74) is 1.40. The van der Waals surface area contributed by atoms with Crippen LogP contribution < -0.4 is 5.32 Å². The lowest BCUT2D eigenvalue weighted by molar-refractivity contribution is -0.137. The normalized spacial score (nSPS) is 11.8. The van der Waals surface area contributed by atoms with Gasteiger partial charge in [-0.15, -0.1) is 0 Å². The van der Waals surface area contributed by atoms with Gasteiger partial charge in [-0.05, 0) is 48.9 Å². The van der Waals surface area contributed by atoms with Gasteiger partial charge in [-0.1, -0.05) is 29.3 Å². The van der Waals surface area contributed by atoms with Crippen LogP contribution in [-0.4, -0.2) is 19.9 Å². The third kappa shape index (κ3) is 4.20. The second-order valence-electron chi connectivity index (χ2n) is 6.58. The van der Waals surface area contributed by atoms with Gasteiger partial charge >= 0.3 is 6.18 Å². The lowest BCUT2D eigenvalue weighted by Gasteiger charge is -2.10. The predicted molar refractivity (Wildman–Crippen MR) is 110 cm³/mol. The van der Waals surface area contributed by atoms with E-state index < -0.39 is 11.7 Å². The molecule has 0 fully saturated rings. The number of imidazole rings is 1. The van der Waals surface area contributed by atoms with Crippen molar-refractivity contribution in [3.8, 4) is 0 Å². The Kier molecular flexibility index (Phi) is 5.29. The molecule has 2 aromatic heterocycles. The van der Waals surface area contributed by atoms with E-state index in [0.29, 0.717) is 50.8 Å². The second-order valence-corrected chi connectivity index (χ2v) is 7.39. The second kappa shape index (κ2) is 7.77. The third-order valence-corrected chi connectivity index (χ3v) is 5.10. The number of hydrogen-bond donors (Lipinski definition) is 2. The summed E-state index contributed by atoms with van der Waals surface area (Å²) in [4.78, 5) is 16.3. The number of halogens is 5. The van der Waals surface area contributed by atoms with Crippen molar-refractivity contribution in [2.24, 2.45) is 0 Å². The van der Waals surface area contributed by atoms with E-state index in [1.807, 2.05) is 0 Å². The number of nitrogens with zero attached hydrogens (tertiary/aromatic N) is 3. The van der Waals surface area contributed by atoms with Crippen molar-refractivity contribution in [1.29, 1.82) is 0 Å². The van der Waals surface area contributed by atoms with Gasteiger partial charge in [0.1, 0.15) is 17.2 Å². The molecule has 0 spiro atoms. The molecular formula is C20H14Cl2F3N5. The number of anilines is 2. The Hall–Kier alpha value is -2.84. The van der Waals surface area contributed by atoms with Crippen molar-refractivity contribution in [1.82, 2.24) is 19.9 Å². The van der Waals surface area contributed by atoms with Gasteiger partial charge in [0, 0.05) is 22.2 Å². The fourth-order valence-corrected chi connectivity index (χ4v) is 3.51. The molecular weight excluding hydrogens is 438 g/mol. The first kappa shape index (κ1) is 20.4. The SMILES string of the molecule is Cc1nc(Nc2ccc(C(F)(F)F)cc2)c2[nH]c(Cc3c(Cl)cccc3Cl)nc2n1. The highest BCUT2D eigenvalue weighted by molar-refractivity contribution is 6.36. The molecule has 2 heterocycles. The number of fused-ring (bicyclic) bond motifs is 1. The molecule has 0 bridgehead atoms. The first-order valence-electron chi connectivity index (χ1n) is 8.81. The first-order valence-corrected chi connectivity index (χ1v) is 9.56. The Labute approximate surface area is 179 Å². The Balaban J connectivity index is 1.67. The average Bonchev–Trinajstić information content (AvgIpc) is 3.07. The van der Waals surface area contributed by atoms with Crippen LogP contribution in [0.1, 0.15) is 22.8 Å². The van der Waals surface area contributed by atoms with Crippen molar-refractivity contribution < 1.29 is 13.2 Å². The maximum Gasteiger partial charge on any atom is 0.416 e. The van der Waals surface area contributed by atoms with Gasteiger partial charge in [0.15, 0.2) is 11.5 Å². The maximum absolute atomic E-state index is 12.8. The summed E-state index contributed by atoms with van der Waals surface area (Å²) in [5.74, 6) is 1.45. The summed E-state index contributed by atoms with van der Waals surface area (Å²) in [5, 5.41) is 4.07. The summed E-state index contributed by atoms with van der Waals surface area (Å²) in [6, 6.07) is 9.93. The minimum Gasteiger partial charge on any atom is -0.338 e. The quantitative estimate of drug-likeness (QED) is 0.380. The van der Waals surface area contributed by atoms with Crippen LogP contribution in [0.25, 0.3) is 11.2 Å². The van der Waals surface area contributed by atoms with E-state index >= 15 is 0 Å². The lowest BCUT2D eigenvalue weighted by atomic mass is 10.1. The maximum atomic E-state index is 12.8. The molecule has 154 valence electrons. The highest BCUT2D eigenvalue weighted by Gasteiger charge is 2.30. The molecule has 0 aliphatic rings. The molecule has 0 aliphatic carbocycles. The van der Waals surface area contributed by atoms with Gasteiger partial charge in [-0.2, -0.15) is 13.2 Å². The Bertz CT molecular complexity index is 1200. The molecule has 4 rings (SSSR count). The molecule has 0 saturated heterocycles. The minimum absolute atomic E-state index is 0.355. The van der Waals surface area contributed by atoms with Gasteiger partial charge in [0.2, 0.25) is 0 Å². The summed E-state index contributed by atoms with van der Waals surface area (Å²) >= 11 is 12.5. The third-order valence-electron chi connectivity index (χ3n) is 4.39. The monoisotopic (exact) mass is 451 g/mol. The highest BCUT2D eigenvalue weighted by Crippen LogP contribution is 2.31. The van der Waals surface area contributed by atoms with Crippen LogP contribution in [0.15, 0.2) is 42.5 Å². The van der Waals surface area contributed by atoms with Crippen LogP contribution in [0.4, 0.5) is 24.7 Å². The van der Waals surface area contributed by atoms with Gasteiger partial charge in [-0.25, -0.2) is 15.0 Å². The van der Waals surface area contributed by atoms with Crippen molar-refractivity contribution >= 4 is 45.9 Å². The molecule has 0 aliphatic heterocycles. The summed E-state index contributed by atoms with van der Waals surface area (Å²) in [7, 11) is 0. The van der Waals surface area contributed by atoms with E-state index in [0.717, 1.165) is 17.7 Å². The zero-order valence-corrected chi connectivity index (χ0v) is 17.0. The van der Waals surface area contributed by atoms with E-state index in [1.54, 1.807) is 25.1 Å². The van der Waals surface area contributed by atoms with E-state index in [-0.39, 0.29) is 0 Å². The number of nitrogens with one attached hydrogen (secondary N) is 2. The molecule has 10 heteroatoms. The summed E-state index contributed by atoms with van der Waals surface area (Å²) in [6.07, 6.45) is -4.04. The van der Waals surface area contributed by atoms with E-state index in [2.05, 4.69) is 25.3 Å². The van der Waals surface area contributed by atoms with Crippen molar-refractivity contribution in [3.05, 3.63) is 75.3 Å². The Morgan fingerprint density at radius 1 is 0.967 bits per heavy atom. The van der Waals surface area contributed by atoms with Crippen molar-refractivity contribution in [2.45, 2.75) is 19.5 Å². The van der Waals surface area contributed by atoms with Gasteiger partial charge in [0.05, 0.1) is 5.56 Å². The van der Waals surface area contributed by atoms with Crippen LogP contribution in [0, 0.1) is 6.92 Å². The molecule has 4 aromatic rings. The molecule has 2 N–H and O–H groups in total. The fraction of sp³-hybridized carbons (Fsp3) is 0.150. The van der Waals surface area contributed by atoms with E-state index in [1.165, 1.54) is 12.1 Å². The summed E-state index contributed by atoms with van der Waals surface area (Å²) in [6.45, 7) is 1.71. The Morgan fingerprint density at radius 2 is 1.63 bits per heavy atom. The van der Waals surface area contributed by atoms with Crippen LogP contribution in [-0.2, 0) is 12.6 Å². The standard InChI is InChI=1S/C20H14Cl2F3N5/c1-10-26-18(28-12-7-5-11(6-8-12)20(23,24)25)17-19(27-10)30-16(29-17)9-13-14(21)3-2-4-15(13)22/h2-8H,9H2,1H3,(H2,26,27,28,29,30). The lowest BCUT2D eigenvalue weighted by Crippen LogP contribution is -2.05. The number of benzene rings is 2. The number of H-pyrrole nitrogens is 1. The minimum atomic E-state index is -4.39. The number of aromatic nitrogens is 4. The molecule has 0 saturated carbocycles. The van der Waals surface area contributed by atoms with E-state index in [4.69, 9.17) is 23.2 Å². The summed E-state index contributed by atoms with van der Waals surface area (Å²) < 4.78 is 38.3. The number of aromatic amines is 1. The van der Waals surface area contributed by atoms with Crippen molar-refractivity contribution in [3.63, 3.8) is 0 Å². The fourth-order valence-electron chi connectivity index (χ4n) is 2.98. The smallest absolute Gasteiger partial charge is 0.338 e. The van der Waals surface area contributed by atoms with Crippen LogP contribution in [0.2, 0.25) is 10.0 Å². The van der Waals surface area contributed by atoms with Gasteiger partial charge < -0.3 is 10.3 Å². The average molecular weight is 452 g/mol. The largest absolute Gasteiger partial charge is 0.416 e. The van der Waals surface area contributed by atoms with Gasteiger partial charge in [-0.3, -0.25) is 0 Å². The number of hydrogen-bond acceptors (Lipinski definition) is 4.